The predicted molar refractivity (Wildman–Crippen MR) is 181 cm³/mol. The Bertz CT molecular complexity index is 544. The van der Waals surface area contributed by atoms with Crippen LogP contribution in [-0.4, -0.2) is 46.1 Å². The summed E-state index contributed by atoms with van der Waals surface area (Å²) in [6, 6.07) is -0.703. The number of aliphatic hydroxyl groups is 3. The number of hydrogen-bond acceptors (Lipinski definition) is 4. The van der Waals surface area contributed by atoms with E-state index in [-0.39, 0.29) is 6.61 Å². The summed E-state index contributed by atoms with van der Waals surface area (Å²) in [5.74, 6) is -0.469. The van der Waals surface area contributed by atoms with Crippen molar-refractivity contribution in [1.29, 1.82) is 0 Å². The molecule has 0 aliphatic rings. The molecular formula is C37H75NO4. The summed E-state index contributed by atoms with van der Waals surface area (Å²) in [6.07, 6.45) is 35.1. The van der Waals surface area contributed by atoms with E-state index < -0.39 is 24.2 Å². The smallest absolute Gasteiger partial charge is 0.249 e. The molecule has 0 saturated carbocycles. The van der Waals surface area contributed by atoms with Gasteiger partial charge in [0.15, 0.2) is 0 Å². The maximum Gasteiger partial charge on any atom is 0.249 e. The lowest BCUT2D eigenvalue weighted by Gasteiger charge is -2.23. The summed E-state index contributed by atoms with van der Waals surface area (Å²) in [5.41, 5.74) is 0. The Morgan fingerprint density at radius 2 is 0.762 bits per heavy atom. The summed E-state index contributed by atoms with van der Waals surface area (Å²) in [7, 11) is 0. The molecule has 1 amide bonds. The van der Waals surface area contributed by atoms with Crippen molar-refractivity contribution in [3.8, 4) is 0 Å². The van der Waals surface area contributed by atoms with Gasteiger partial charge in [-0.15, -0.1) is 0 Å². The standard InChI is InChI=1S/C37H75NO4/c1-3-5-7-9-11-13-15-17-18-20-22-24-26-28-30-32-36(41)37(42)38-34(33-39)35(40)31-29-27-25-23-21-19-16-14-12-10-8-6-4-2/h34-36,39-41H,3-33H2,1-2H3,(H,38,42)/t34-,35+,36+/m0/s1. The molecule has 4 N–H and O–H groups in total. The molecule has 0 radical (unpaired) electrons. The SMILES string of the molecule is CCCCCCCCCCCCCCCCC[C@@H](O)C(=O)N[C@@H](CO)[C@H](O)CCCCCCCCCCCCCCC. The molecule has 0 aromatic rings. The Morgan fingerprint density at radius 1 is 0.476 bits per heavy atom. The van der Waals surface area contributed by atoms with Gasteiger partial charge in [0, 0.05) is 0 Å². The van der Waals surface area contributed by atoms with E-state index in [0.717, 1.165) is 32.1 Å². The Morgan fingerprint density at radius 3 is 1.07 bits per heavy atom. The van der Waals surface area contributed by atoms with Crippen molar-refractivity contribution >= 4 is 5.91 Å². The van der Waals surface area contributed by atoms with Crippen LogP contribution in [0.1, 0.15) is 206 Å². The van der Waals surface area contributed by atoms with Gasteiger partial charge in [0.1, 0.15) is 6.10 Å². The number of nitrogens with one attached hydrogen (secondary N) is 1. The molecule has 0 aromatic carbocycles. The largest absolute Gasteiger partial charge is 0.394 e. The molecule has 3 atom stereocenters. The third-order valence-corrected chi connectivity index (χ3v) is 8.98. The lowest BCUT2D eigenvalue weighted by Crippen LogP contribution is -2.49. The molecule has 5 nitrogen and oxygen atoms in total. The lowest BCUT2D eigenvalue weighted by atomic mass is 10.0. The molecule has 0 saturated heterocycles. The second-order valence-corrected chi connectivity index (χ2v) is 13.2. The number of unbranched alkanes of at least 4 members (excludes halogenated alkanes) is 26. The molecule has 0 aromatic heterocycles. The van der Waals surface area contributed by atoms with Crippen molar-refractivity contribution in [3.63, 3.8) is 0 Å². The molecule has 0 rings (SSSR count). The van der Waals surface area contributed by atoms with Crippen molar-refractivity contribution in [2.24, 2.45) is 0 Å². The maximum atomic E-state index is 12.4. The zero-order valence-corrected chi connectivity index (χ0v) is 28.4. The second kappa shape index (κ2) is 33.2. The van der Waals surface area contributed by atoms with Gasteiger partial charge in [-0.25, -0.2) is 0 Å². The monoisotopic (exact) mass is 598 g/mol. The van der Waals surface area contributed by atoms with Gasteiger partial charge in [0.25, 0.3) is 0 Å². The minimum Gasteiger partial charge on any atom is -0.394 e. The Hall–Kier alpha value is -0.650. The van der Waals surface area contributed by atoms with Crippen LogP contribution in [0.15, 0.2) is 0 Å². The highest BCUT2D eigenvalue weighted by molar-refractivity contribution is 5.80. The zero-order valence-electron chi connectivity index (χ0n) is 28.4. The van der Waals surface area contributed by atoms with Gasteiger partial charge in [0.05, 0.1) is 18.8 Å². The number of rotatable bonds is 34. The van der Waals surface area contributed by atoms with Gasteiger partial charge in [-0.1, -0.05) is 194 Å². The van der Waals surface area contributed by atoms with E-state index in [1.54, 1.807) is 0 Å². The maximum absolute atomic E-state index is 12.4. The van der Waals surface area contributed by atoms with Crippen LogP contribution in [0.3, 0.4) is 0 Å². The van der Waals surface area contributed by atoms with Crippen molar-refractivity contribution in [2.75, 3.05) is 6.61 Å². The lowest BCUT2D eigenvalue weighted by molar-refractivity contribution is -0.131. The summed E-state index contributed by atoms with van der Waals surface area (Å²) in [5, 5.41) is 33.1. The average Bonchev–Trinajstić information content (AvgIpc) is 2.99. The van der Waals surface area contributed by atoms with E-state index in [4.69, 9.17) is 0 Å². The molecule has 0 unspecified atom stereocenters. The van der Waals surface area contributed by atoms with Gasteiger partial charge in [0.2, 0.25) is 5.91 Å². The third-order valence-electron chi connectivity index (χ3n) is 8.98. The number of aliphatic hydroxyl groups excluding tert-OH is 3. The Labute approximate surface area is 262 Å². The normalized spacial score (nSPS) is 13.7. The highest BCUT2D eigenvalue weighted by Crippen LogP contribution is 2.16. The van der Waals surface area contributed by atoms with Gasteiger partial charge < -0.3 is 20.6 Å². The summed E-state index contributed by atoms with van der Waals surface area (Å²) < 4.78 is 0. The summed E-state index contributed by atoms with van der Waals surface area (Å²) >= 11 is 0. The highest BCUT2D eigenvalue weighted by Gasteiger charge is 2.23. The zero-order chi connectivity index (χ0) is 30.9. The van der Waals surface area contributed by atoms with Crippen LogP contribution in [0.25, 0.3) is 0 Å². The average molecular weight is 598 g/mol. The third kappa shape index (κ3) is 28.1. The predicted octanol–water partition coefficient (Wildman–Crippen LogP) is 9.93. The van der Waals surface area contributed by atoms with E-state index in [2.05, 4.69) is 19.2 Å². The first-order valence-electron chi connectivity index (χ1n) is 18.8. The molecule has 42 heavy (non-hydrogen) atoms. The molecular weight excluding hydrogens is 522 g/mol. The van der Waals surface area contributed by atoms with Crippen LogP contribution in [0.5, 0.6) is 0 Å². The van der Waals surface area contributed by atoms with Crippen molar-refractivity contribution < 1.29 is 20.1 Å². The number of carbonyl (C=O) groups excluding carboxylic acids is 1. The first-order valence-corrected chi connectivity index (χ1v) is 18.8. The van der Waals surface area contributed by atoms with E-state index >= 15 is 0 Å². The molecule has 252 valence electrons. The molecule has 5 heteroatoms. The molecule has 0 spiro atoms. The molecule has 0 fully saturated rings. The van der Waals surface area contributed by atoms with E-state index in [9.17, 15) is 20.1 Å². The first kappa shape index (κ1) is 41.4. The van der Waals surface area contributed by atoms with Crippen LogP contribution < -0.4 is 5.32 Å². The van der Waals surface area contributed by atoms with Crippen LogP contribution in [-0.2, 0) is 4.79 Å². The summed E-state index contributed by atoms with van der Waals surface area (Å²) in [4.78, 5) is 12.4. The fourth-order valence-corrected chi connectivity index (χ4v) is 5.95. The minimum atomic E-state index is -1.07. The fourth-order valence-electron chi connectivity index (χ4n) is 5.95. The quantitative estimate of drug-likeness (QED) is 0.0556. The van der Waals surface area contributed by atoms with Crippen LogP contribution in [0, 0.1) is 0 Å². The second-order valence-electron chi connectivity index (χ2n) is 13.2. The van der Waals surface area contributed by atoms with Gasteiger partial charge in [-0.2, -0.15) is 0 Å². The fraction of sp³-hybridized carbons (Fsp3) is 0.973. The molecule has 0 bridgehead atoms. The van der Waals surface area contributed by atoms with Gasteiger partial charge in [-0.3, -0.25) is 4.79 Å². The van der Waals surface area contributed by atoms with Gasteiger partial charge in [-0.05, 0) is 12.8 Å². The Balaban J connectivity index is 3.65. The molecule has 0 aliphatic carbocycles. The highest BCUT2D eigenvalue weighted by atomic mass is 16.3. The number of hydrogen-bond donors (Lipinski definition) is 4. The van der Waals surface area contributed by atoms with Gasteiger partial charge >= 0.3 is 0 Å². The topological polar surface area (TPSA) is 89.8 Å². The summed E-state index contributed by atoms with van der Waals surface area (Å²) in [6.45, 7) is 4.22. The number of amides is 1. The van der Waals surface area contributed by atoms with Crippen LogP contribution in [0.4, 0.5) is 0 Å². The Kier molecular flexibility index (Phi) is 32.7. The van der Waals surface area contributed by atoms with E-state index in [0.29, 0.717) is 12.8 Å². The van der Waals surface area contributed by atoms with E-state index in [1.807, 2.05) is 0 Å². The minimum absolute atomic E-state index is 0.309. The first-order chi connectivity index (χ1) is 20.6. The van der Waals surface area contributed by atoms with Crippen LogP contribution >= 0.6 is 0 Å². The molecule has 0 heterocycles. The van der Waals surface area contributed by atoms with Crippen LogP contribution in [0.2, 0.25) is 0 Å². The van der Waals surface area contributed by atoms with Crippen molar-refractivity contribution in [2.45, 2.75) is 225 Å². The molecule has 0 aliphatic heterocycles. The van der Waals surface area contributed by atoms with E-state index in [1.165, 1.54) is 148 Å². The van der Waals surface area contributed by atoms with Crippen molar-refractivity contribution in [1.82, 2.24) is 5.32 Å². The van der Waals surface area contributed by atoms with Crippen molar-refractivity contribution in [3.05, 3.63) is 0 Å². The number of carbonyl (C=O) groups is 1.